The third kappa shape index (κ3) is 5.05. The molecule has 2 aromatic heterocycles. The van der Waals surface area contributed by atoms with E-state index in [4.69, 9.17) is 9.47 Å². The van der Waals surface area contributed by atoms with Gasteiger partial charge in [0.2, 0.25) is 5.88 Å². The minimum Gasteiger partial charge on any atom is -0.487 e. The molecule has 0 fully saturated rings. The van der Waals surface area contributed by atoms with Crippen molar-refractivity contribution in [2.75, 3.05) is 0 Å². The van der Waals surface area contributed by atoms with Crippen molar-refractivity contribution in [2.45, 2.75) is 26.5 Å². The fraction of sp³-hybridized carbons (Fsp3) is 0.190. The molecular weight excluding hydrogens is 356 g/mol. The molecule has 0 bridgehead atoms. The van der Waals surface area contributed by atoms with E-state index in [9.17, 15) is 5.21 Å². The third-order valence-corrected chi connectivity index (χ3v) is 3.72. The van der Waals surface area contributed by atoms with Crippen molar-refractivity contribution in [1.29, 1.82) is 0 Å². The summed E-state index contributed by atoms with van der Waals surface area (Å²) in [7, 11) is 0. The van der Waals surface area contributed by atoms with E-state index in [2.05, 4.69) is 20.4 Å². The fourth-order valence-corrected chi connectivity index (χ4v) is 2.48. The largest absolute Gasteiger partial charge is 0.487 e. The number of aromatic nitrogens is 2. The summed E-state index contributed by atoms with van der Waals surface area (Å²) in [5.74, 6) is 1.70. The number of aliphatic imine (C=N–C) groups is 1. The Hall–Kier alpha value is -3.45. The maximum atomic E-state index is 9.62. The van der Waals surface area contributed by atoms with Gasteiger partial charge in [0.25, 0.3) is 0 Å². The molecule has 2 heterocycles. The molecule has 0 unspecified atom stereocenters. The molecule has 0 aliphatic carbocycles. The lowest BCUT2D eigenvalue weighted by molar-refractivity contribution is 0.231. The molecule has 3 rings (SSSR count). The molecule has 7 heteroatoms. The van der Waals surface area contributed by atoms with Crippen LogP contribution in [0.5, 0.6) is 17.4 Å². The summed E-state index contributed by atoms with van der Waals surface area (Å²) in [5.41, 5.74) is 3.63. The quantitative estimate of drug-likeness (QED) is 0.367. The van der Waals surface area contributed by atoms with E-state index in [1.54, 1.807) is 36.8 Å². The summed E-state index contributed by atoms with van der Waals surface area (Å²) in [6.45, 7) is 4.26. The molecule has 0 atom stereocenters. The van der Waals surface area contributed by atoms with Crippen molar-refractivity contribution in [2.24, 2.45) is 4.99 Å². The predicted molar refractivity (Wildman–Crippen MR) is 106 cm³/mol. The number of nitrogens with zero attached hydrogens (tertiary/aromatic N) is 3. The van der Waals surface area contributed by atoms with Crippen molar-refractivity contribution in [3.05, 3.63) is 78.2 Å². The van der Waals surface area contributed by atoms with Gasteiger partial charge in [-0.05, 0) is 55.8 Å². The van der Waals surface area contributed by atoms with Gasteiger partial charge in [0.1, 0.15) is 0 Å². The van der Waals surface area contributed by atoms with Gasteiger partial charge in [-0.15, -0.1) is 0 Å². The minimum atomic E-state index is 0.00421. The zero-order valence-corrected chi connectivity index (χ0v) is 15.7. The second-order valence-corrected chi connectivity index (χ2v) is 6.20. The van der Waals surface area contributed by atoms with Crippen LogP contribution in [0.2, 0.25) is 0 Å². The lowest BCUT2D eigenvalue weighted by atomic mass is 10.2. The zero-order valence-electron chi connectivity index (χ0n) is 15.7. The third-order valence-electron chi connectivity index (χ3n) is 3.72. The lowest BCUT2D eigenvalue weighted by Gasteiger charge is -2.16. The number of benzene rings is 1. The smallest absolute Gasteiger partial charge is 0.230 e. The van der Waals surface area contributed by atoms with Crippen LogP contribution in [0.4, 0.5) is 0 Å². The van der Waals surface area contributed by atoms with Gasteiger partial charge < -0.3 is 9.47 Å². The van der Waals surface area contributed by atoms with Gasteiger partial charge in [-0.3, -0.25) is 20.7 Å². The number of hydrogen-bond donors (Lipinski definition) is 2. The minimum absolute atomic E-state index is 0.00421. The first-order chi connectivity index (χ1) is 13.7. The Bertz CT molecular complexity index is 930. The van der Waals surface area contributed by atoms with E-state index in [1.165, 1.54) is 0 Å². The maximum absolute atomic E-state index is 9.62. The van der Waals surface area contributed by atoms with Gasteiger partial charge in [-0.1, -0.05) is 12.1 Å². The van der Waals surface area contributed by atoms with Crippen LogP contribution in [-0.4, -0.2) is 27.1 Å². The molecule has 0 saturated carbocycles. The van der Waals surface area contributed by atoms with Crippen LogP contribution in [0.25, 0.3) is 0 Å². The van der Waals surface area contributed by atoms with E-state index < -0.39 is 0 Å². The SMILES string of the molecule is CC(C)Oc1ccccc1Oc1ncccc1C(=NCc1ccncc1)NO. The highest BCUT2D eigenvalue weighted by molar-refractivity contribution is 6.00. The highest BCUT2D eigenvalue weighted by atomic mass is 16.5. The second-order valence-electron chi connectivity index (χ2n) is 6.20. The standard InChI is InChI=1S/C21H22N4O3/c1-15(2)27-18-7-3-4-8-19(18)28-21-17(6-5-11-23-21)20(25-26)24-14-16-9-12-22-13-10-16/h3-13,15,26H,14H2,1-2H3,(H,24,25). The molecule has 0 spiro atoms. The zero-order chi connectivity index (χ0) is 19.8. The first kappa shape index (κ1) is 19.3. The van der Waals surface area contributed by atoms with Crippen LogP contribution in [0.15, 0.2) is 72.1 Å². The van der Waals surface area contributed by atoms with Gasteiger partial charge >= 0.3 is 0 Å². The number of hydroxylamine groups is 1. The molecule has 0 aliphatic rings. The number of ether oxygens (including phenoxy) is 2. The van der Waals surface area contributed by atoms with Gasteiger partial charge in [0.15, 0.2) is 17.3 Å². The molecule has 0 amide bonds. The Kier molecular flexibility index (Phi) is 6.54. The van der Waals surface area contributed by atoms with Crippen LogP contribution in [0.3, 0.4) is 0 Å². The van der Waals surface area contributed by atoms with Crippen LogP contribution in [0, 0.1) is 0 Å². The molecule has 144 valence electrons. The van der Waals surface area contributed by atoms with Crippen LogP contribution in [-0.2, 0) is 6.54 Å². The monoisotopic (exact) mass is 378 g/mol. The number of rotatable bonds is 7. The Labute approximate surface area is 163 Å². The highest BCUT2D eigenvalue weighted by Crippen LogP contribution is 2.32. The topological polar surface area (TPSA) is 88.9 Å². The van der Waals surface area contributed by atoms with Crippen LogP contribution < -0.4 is 15.0 Å². The van der Waals surface area contributed by atoms with E-state index in [0.717, 1.165) is 5.56 Å². The molecule has 28 heavy (non-hydrogen) atoms. The normalized spacial score (nSPS) is 11.4. The summed E-state index contributed by atoms with van der Waals surface area (Å²) in [5, 5.41) is 9.62. The Morgan fingerprint density at radius 2 is 1.79 bits per heavy atom. The van der Waals surface area contributed by atoms with Crippen molar-refractivity contribution >= 4 is 5.84 Å². The van der Waals surface area contributed by atoms with E-state index >= 15 is 0 Å². The van der Waals surface area contributed by atoms with Gasteiger partial charge in [0.05, 0.1) is 18.2 Å². The molecule has 1 aromatic carbocycles. The molecule has 0 saturated heterocycles. The van der Waals surface area contributed by atoms with Crippen molar-refractivity contribution in [1.82, 2.24) is 15.4 Å². The summed E-state index contributed by atoms with van der Waals surface area (Å²) in [6.07, 6.45) is 5.01. The number of para-hydroxylation sites is 2. The Morgan fingerprint density at radius 1 is 1.04 bits per heavy atom. The van der Waals surface area contributed by atoms with Crippen molar-refractivity contribution in [3.63, 3.8) is 0 Å². The molecule has 3 aromatic rings. The molecule has 0 aliphatic heterocycles. The Balaban J connectivity index is 1.88. The van der Waals surface area contributed by atoms with Crippen molar-refractivity contribution < 1.29 is 14.7 Å². The number of amidine groups is 1. The van der Waals surface area contributed by atoms with Crippen LogP contribution in [0.1, 0.15) is 25.0 Å². The number of pyridine rings is 2. The molecule has 7 nitrogen and oxygen atoms in total. The van der Waals surface area contributed by atoms with E-state index in [1.807, 2.05) is 44.2 Å². The number of hydrogen-bond acceptors (Lipinski definition) is 6. The molecule has 2 N–H and O–H groups in total. The fourth-order valence-electron chi connectivity index (χ4n) is 2.48. The molecular formula is C21H22N4O3. The van der Waals surface area contributed by atoms with Gasteiger partial charge in [0, 0.05) is 18.6 Å². The molecule has 0 radical (unpaired) electrons. The van der Waals surface area contributed by atoms with Crippen LogP contribution >= 0.6 is 0 Å². The van der Waals surface area contributed by atoms with E-state index in [-0.39, 0.29) is 11.9 Å². The average molecular weight is 378 g/mol. The first-order valence-corrected chi connectivity index (χ1v) is 8.89. The number of nitrogens with one attached hydrogen (secondary N) is 1. The van der Waals surface area contributed by atoms with Gasteiger partial charge in [-0.25, -0.2) is 4.98 Å². The van der Waals surface area contributed by atoms with Crippen molar-refractivity contribution in [3.8, 4) is 17.4 Å². The maximum Gasteiger partial charge on any atom is 0.230 e. The summed E-state index contributed by atoms with van der Waals surface area (Å²) in [4.78, 5) is 12.7. The lowest BCUT2D eigenvalue weighted by Crippen LogP contribution is -2.21. The average Bonchev–Trinajstić information content (AvgIpc) is 2.71. The predicted octanol–water partition coefficient (Wildman–Crippen LogP) is 3.98. The Morgan fingerprint density at radius 3 is 2.50 bits per heavy atom. The van der Waals surface area contributed by atoms with Gasteiger partial charge in [-0.2, -0.15) is 0 Å². The highest BCUT2D eigenvalue weighted by Gasteiger charge is 2.15. The first-order valence-electron chi connectivity index (χ1n) is 8.89. The summed E-state index contributed by atoms with van der Waals surface area (Å²) < 4.78 is 11.8. The summed E-state index contributed by atoms with van der Waals surface area (Å²) in [6, 6.07) is 14.6. The second kappa shape index (κ2) is 9.48. The summed E-state index contributed by atoms with van der Waals surface area (Å²) >= 11 is 0. The van der Waals surface area contributed by atoms with E-state index in [0.29, 0.717) is 29.5 Å².